The predicted octanol–water partition coefficient (Wildman–Crippen LogP) is 1.96. The summed E-state index contributed by atoms with van der Waals surface area (Å²) in [5.74, 6) is -2.40. The van der Waals surface area contributed by atoms with Gasteiger partial charge in [-0.2, -0.15) is 10.1 Å². The van der Waals surface area contributed by atoms with Gasteiger partial charge in [-0.15, -0.1) is 0 Å². The van der Waals surface area contributed by atoms with Gasteiger partial charge in [-0.25, -0.2) is 13.8 Å². The fourth-order valence-corrected chi connectivity index (χ4v) is 2.94. The zero-order valence-electron chi connectivity index (χ0n) is 12.8. The summed E-state index contributed by atoms with van der Waals surface area (Å²) < 4.78 is 29.7. The van der Waals surface area contributed by atoms with E-state index in [9.17, 15) is 8.78 Å². The van der Waals surface area contributed by atoms with E-state index in [-0.39, 0.29) is 17.7 Å². The Labute approximate surface area is 137 Å². The summed E-state index contributed by atoms with van der Waals surface area (Å²) in [6, 6.07) is -0.325. The third-order valence-corrected chi connectivity index (χ3v) is 4.05. The van der Waals surface area contributed by atoms with E-state index in [0.717, 1.165) is 5.56 Å². The molecule has 1 saturated heterocycles. The van der Waals surface area contributed by atoms with E-state index in [4.69, 9.17) is 11.6 Å². The van der Waals surface area contributed by atoms with Gasteiger partial charge in [0.25, 0.3) is 5.92 Å². The molecule has 0 spiro atoms. The molecule has 1 fully saturated rings. The van der Waals surface area contributed by atoms with Gasteiger partial charge in [0, 0.05) is 49.6 Å². The first-order valence-corrected chi connectivity index (χ1v) is 7.57. The molecule has 6 nitrogen and oxygen atoms in total. The molecule has 0 radical (unpaired) electrons. The minimum Gasteiger partial charge on any atom is -0.348 e. The van der Waals surface area contributed by atoms with Crippen LogP contribution in [0, 0.1) is 0 Å². The highest BCUT2D eigenvalue weighted by Crippen LogP contribution is 2.34. The highest BCUT2D eigenvalue weighted by Gasteiger charge is 2.41. The lowest BCUT2D eigenvalue weighted by Crippen LogP contribution is -2.53. The van der Waals surface area contributed by atoms with E-state index in [1.54, 1.807) is 42.3 Å². The van der Waals surface area contributed by atoms with Crippen molar-refractivity contribution in [2.75, 3.05) is 25.0 Å². The standard InChI is InChI=1S/C14H17ClF2N6/c1-18-10-3-14(16,17)8-23(7-10)12-11(5-19-13(15)21-12)9-4-20-22(2)6-9/h4-6,10,18H,3,7-8H2,1-2H3. The van der Waals surface area contributed by atoms with Crippen molar-refractivity contribution in [3.05, 3.63) is 23.9 Å². The van der Waals surface area contributed by atoms with Gasteiger partial charge in [0.05, 0.1) is 12.7 Å². The molecule has 3 rings (SSSR count). The Morgan fingerprint density at radius 1 is 1.39 bits per heavy atom. The number of likely N-dealkylation sites (N-methyl/N-ethyl adjacent to an activating group) is 1. The predicted molar refractivity (Wildman–Crippen MR) is 83.9 cm³/mol. The summed E-state index contributed by atoms with van der Waals surface area (Å²) in [5.41, 5.74) is 1.39. The molecule has 23 heavy (non-hydrogen) atoms. The second-order valence-electron chi connectivity index (χ2n) is 5.71. The zero-order chi connectivity index (χ0) is 16.6. The van der Waals surface area contributed by atoms with Gasteiger partial charge in [-0.3, -0.25) is 4.68 Å². The smallest absolute Gasteiger partial charge is 0.266 e. The second-order valence-corrected chi connectivity index (χ2v) is 6.04. The Kier molecular flexibility index (Phi) is 4.20. The van der Waals surface area contributed by atoms with Crippen LogP contribution in [0.1, 0.15) is 6.42 Å². The Balaban J connectivity index is 2.02. The minimum atomic E-state index is -2.80. The van der Waals surface area contributed by atoms with Crippen LogP contribution in [-0.4, -0.2) is 51.8 Å². The van der Waals surface area contributed by atoms with Crippen molar-refractivity contribution >= 4 is 17.4 Å². The van der Waals surface area contributed by atoms with E-state index in [0.29, 0.717) is 17.9 Å². The van der Waals surface area contributed by atoms with Crippen molar-refractivity contribution in [2.45, 2.75) is 18.4 Å². The van der Waals surface area contributed by atoms with E-state index >= 15 is 0 Å². The molecular weight excluding hydrogens is 326 g/mol. The normalized spacial score (nSPS) is 20.7. The van der Waals surface area contributed by atoms with Gasteiger partial charge in [0.2, 0.25) is 5.28 Å². The third-order valence-electron chi connectivity index (χ3n) is 3.87. The number of hydrogen-bond donors (Lipinski definition) is 1. The first-order chi connectivity index (χ1) is 10.9. The molecule has 0 saturated carbocycles. The van der Waals surface area contributed by atoms with Crippen LogP contribution < -0.4 is 10.2 Å². The average molecular weight is 343 g/mol. The van der Waals surface area contributed by atoms with E-state index in [1.165, 1.54) is 0 Å². The van der Waals surface area contributed by atoms with E-state index in [1.807, 2.05) is 0 Å². The molecule has 0 amide bonds. The molecule has 1 N–H and O–H groups in total. The number of halogens is 3. The monoisotopic (exact) mass is 342 g/mol. The number of hydrogen-bond acceptors (Lipinski definition) is 5. The number of nitrogens with zero attached hydrogens (tertiary/aromatic N) is 5. The van der Waals surface area contributed by atoms with Gasteiger partial charge in [-0.1, -0.05) is 0 Å². The van der Waals surface area contributed by atoms with Crippen LogP contribution in [-0.2, 0) is 7.05 Å². The number of piperidine rings is 1. The summed E-state index contributed by atoms with van der Waals surface area (Å²) in [7, 11) is 3.46. The maximum Gasteiger partial charge on any atom is 0.266 e. The van der Waals surface area contributed by atoms with Crippen molar-refractivity contribution in [2.24, 2.45) is 7.05 Å². The largest absolute Gasteiger partial charge is 0.348 e. The van der Waals surface area contributed by atoms with Crippen LogP contribution in [0.5, 0.6) is 0 Å². The van der Waals surface area contributed by atoms with Crippen LogP contribution >= 0.6 is 11.6 Å². The van der Waals surface area contributed by atoms with Crippen LogP contribution in [0.2, 0.25) is 5.28 Å². The maximum atomic E-state index is 14.0. The Hall–Kier alpha value is -1.80. The van der Waals surface area contributed by atoms with Gasteiger partial charge in [-0.05, 0) is 18.6 Å². The summed E-state index contributed by atoms with van der Waals surface area (Å²) in [6.45, 7) is 0.0263. The summed E-state index contributed by atoms with van der Waals surface area (Å²) in [4.78, 5) is 9.74. The van der Waals surface area contributed by atoms with Crippen molar-refractivity contribution in [3.8, 4) is 11.1 Å². The maximum absolute atomic E-state index is 14.0. The van der Waals surface area contributed by atoms with E-state index in [2.05, 4.69) is 20.4 Å². The molecule has 0 bridgehead atoms. The molecule has 124 valence electrons. The van der Waals surface area contributed by atoms with Crippen LogP contribution in [0.3, 0.4) is 0 Å². The molecule has 1 unspecified atom stereocenters. The van der Waals surface area contributed by atoms with Crippen LogP contribution in [0.15, 0.2) is 18.6 Å². The summed E-state index contributed by atoms with van der Waals surface area (Å²) in [6.07, 6.45) is 4.78. The molecule has 2 aromatic rings. The zero-order valence-corrected chi connectivity index (χ0v) is 13.6. The summed E-state index contributed by atoms with van der Waals surface area (Å²) in [5, 5.41) is 7.06. The number of aryl methyl sites for hydroxylation is 1. The molecule has 3 heterocycles. The van der Waals surface area contributed by atoms with E-state index < -0.39 is 12.5 Å². The van der Waals surface area contributed by atoms with Gasteiger partial charge >= 0.3 is 0 Å². The number of rotatable bonds is 3. The molecule has 9 heteroatoms. The quantitative estimate of drug-likeness (QED) is 0.864. The first-order valence-electron chi connectivity index (χ1n) is 7.19. The third kappa shape index (κ3) is 3.42. The fraction of sp³-hybridized carbons (Fsp3) is 0.500. The fourth-order valence-electron chi connectivity index (χ4n) is 2.81. The number of aromatic nitrogens is 4. The average Bonchev–Trinajstić information content (AvgIpc) is 2.91. The van der Waals surface area contributed by atoms with Crippen LogP contribution in [0.25, 0.3) is 11.1 Å². The Morgan fingerprint density at radius 2 is 2.17 bits per heavy atom. The SMILES string of the molecule is CNC1CN(c2nc(Cl)ncc2-c2cnn(C)c2)CC(F)(F)C1. The topological polar surface area (TPSA) is 58.9 Å². The molecule has 0 aromatic carbocycles. The summed E-state index contributed by atoms with van der Waals surface area (Å²) >= 11 is 5.90. The first kappa shape index (κ1) is 16.1. The van der Waals surface area contributed by atoms with Gasteiger partial charge < -0.3 is 10.2 Å². The molecule has 1 atom stereocenters. The lowest BCUT2D eigenvalue weighted by Gasteiger charge is -2.38. The van der Waals surface area contributed by atoms with Crippen molar-refractivity contribution in [1.29, 1.82) is 0 Å². The highest BCUT2D eigenvalue weighted by atomic mass is 35.5. The van der Waals surface area contributed by atoms with Gasteiger partial charge in [0.1, 0.15) is 5.82 Å². The lowest BCUT2D eigenvalue weighted by molar-refractivity contribution is -0.0208. The van der Waals surface area contributed by atoms with Crippen molar-refractivity contribution in [3.63, 3.8) is 0 Å². The number of anilines is 1. The minimum absolute atomic E-state index is 0.0301. The number of nitrogens with one attached hydrogen (secondary N) is 1. The second kappa shape index (κ2) is 6.01. The van der Waals surface area contributed by atoms with Gasteiger partial charge in [0.15, 0.2) is 0 Å². The Bertz CT molecular complexity index is 704. The molecule has 1 aliphatic rings. The molecule has 0 aliphatic carbocycles. The molecule has 1 aliphatic heterocycles. The highest BCUT2D eigenvalue weighted by molar-refractivity contribution is 6.28. The number of alkyl halides is 2. The molecule has 2 aromatic heterocycles. The molecular formula is C14H17ClF2N6. The van der Waals surface area contributed by atoms with Crippen molar-refractivity contribution in [1.82, 2.24) is 25.1 Å². The lowest BCUT2D eigenvalue weighted by atomic mass is 10.0. The Morgan fingerprint density at radius 3 is 2.83 bits per heavy atom. The van der Waals surface area contributed by atoms with Crippen molar-refractivity contribution < 1.29 is 8.78 Å². The van der Waals surface area contributed by atoms with Crippen LogP contribution in [0.4, 0.5) is 14.6 Å².